The number of likely N-dealkylation sites (tertiary alicyclic amines) is 1. The van der Waals surface area contributed by atoms with Gasteiger partial charge < -0.3 is 76.3 Å². The molecule has 0 spiro atoms. The van der Waals surface area contributed by atoms with Gasteiger partial charge in [-0.15, -0.1) is 11.3 Å². The van der Waals surface area contributed by atoms with Crippen LogP contribution >= 0.6 is 46.6 Å². The largest absolute Gasteiger partial charge is 0.445 e. The molecule has 4 aliphatic rings. The number of urea groups is 1. The third-order valence-electron chi connectivity index (χ3n) is 21.6. The number of benzene rings is 2. The van der Waals surface area contributed by atoms with Crippen molar-refractivity contribution in [3.05, 3.63) is 82.3 Å². The number of thioether (sulfide) groups is 3. The normalized spacial score (nSPS) is 19.6. The van der Waals surface area contributed by atoms with Crippen molar-refractivity contribution >= 4 is 124 Å². The molecule has 33 heteroatoms. The molecule has 7 rings (SSSR count). The molecule has 1 saturated carbocycles. The third kappa shape index (κ3) is 27.7. The van der Waals surface area contributed by atoms with Crippen LogP contribution in [-0.4, -0.2) is 249 Å². The summed E-state index contributed by atoms with van der Waals surface area (Å²) < 4.78 is 18.0. The predicted molar refractivity (Wildman–Crippen MR) is 440 cm³/mol. The molecule has 2 aromatic carbocycles. The van der Waals surface area contributed by atoms with E-state index in [0.29, 0.717) is 78.3 Å². The van der Waals surface area contributed by atoms with Crippen LogP contribution < -0.4 is 37.6 Å². The molecule has 29 nitrogen and oxygen atoms in total. The highest BCUT2D eigenvalue weighted by Gasteiger charge is 2.45. The smallest absolute Gasteiger partial charge is 0.410 e. The number of methoxy groups -OCH3 is 2. The lowest BCUT2D eigenvalue weighted by Gasteiger charge is -2.42. The van der Waals surface area contributed by atoms with Crippen molar-refractivity contribution in [3.63, 3.8) is 0 Å². The van der Waals surface area contributed by atoms with Crippen LogP contribution in [-0.2, 0) is 75.2 Å². The number of nitrogens with zero attached hydrogens (tertiary/aromatic N) is 7. The Labute approximate surface area is 683 Å². The summed E-state index contributed by atoms with van der Waals surface area (Å²) in [4.78, 5) is 180. The second kappa shape index (κ2) is 46.1. The molecule has 8 N–H and O–H groups in total. The number of hydrogen-bond acceptors (Lipinski definition) is 20. The van der Waals surface area contributed by atoms with E-state index in [2.05, 4.69) is 36.9 Å². The van der Waals surface area contributed by atoms with E-state index in [0.717, 1.165) is 36.3 Å². The topological polar surface area (TPSA) is 363 Å². The highest BCUT2D eigenvalue weighted by atomic mass is 32.2. The minimum atomic E-state index is -1.15. The fraction of sp³-hybridized carbons (Fsp3) is 0.662. The number of aromatic nitrogens is 1. The van der Waals surface area contributed by atoms with E-state index in [1.54, 1.807) is 91.9 Å². The Balaban J connectivity index is 0.900. The molecule has 1 aromatic heterocycles. The Morgan fingerprint density at radius 3 is 1.95 bits per heavy atom. The van der Waals surface area contributed by atoms with Crippen molar-refractivity contribution < 1.29 is 71.7 Å². The van der Waals surface area contributed by atoms with E-state index < -0.39 is 114 Å². The third-order valence-corrected chi connectivity index (χ3v) is 26.1. The first-order chi connectivity index (χ1) is 53.9. The molecule has 13 amide bonds. The number of hydrogen-bond donors (Lipinski definition) is 7. The number of rotatable bonds is 38. The van der Waals surface area contributed by atoms with E-state index in [1.807, 2.05) is 93.9 Å². The molecular formula is C80H122N14O15S4. The summed E-state index contributed by atoms with van der Waals surface area (Å²) in [5, 5.41) is 20.7. The maximum Gasteiger partial charge on any atom is 0.410 e. The monoisotopic (exact) mass is 1650 g/mol. The second-order valence-corrected chi connectivity index (χ2v) is 35.8. The van der Waals surface area contributed by atoms with Crippen molar-refractivity contribution in [3.8, 4) is 0 Å². The lowest BCUT2D eigenvalue weighted by atomic mass is 9.89. The maximum absolute atomic E-state index is 14.9. The average molecular weight is 1650 g/mol. The molecule has 3 aliphatic heterocycles. The Hall–Kier alpha value is -7.72. The van der Waals surface area contributed by atoms with Crippen molar-refractivity contribution in [2.24, 2.45) is 35.3 Å². The molecule has 3 aromatic rings. The molecule has 4 fully saturated rings. The number of carbonyl (C=O) groups excluding carboxylic acids is 12. The molecular weight excluding hydrogens is 1530 g/mol. The van der Waals surface area contributed by atoms with Crippen molar-refractivity contribution in [1.29, 1.82) is 0 Å². The zero-order valence-electron chi connectivity index (χ0n) is 68.0. The zero-order chi connectivity index (χ0) is 82.6. The summed E-state index contributed by atoms with van der Waals surface area (Å²) >= 11 is 6.34. The number of nitrogens with one attached hydrogen (secondary N) is 6. The van der Waals surface area contributed by atoms with Gasteiger partial charge in [0.1, 0.15) is 35.8 Å². The Morgan fingerprint density at radius 1 is 0.708 bits per heavy atom. The minimum absolute atomic E-state index is 0.0386. The van der Waals surface area contributed by atoms with Gasteiger partial charge in [0.25, 0.3) is 0 Å². The molecule has 1 aliphatic carbocycles. The van der Waals surface area contributed by atoms with Crippen LogP contribution in [0.1, 0.15) is 168 Å². The second-order valence-electron chi connectivity index (χ2n) is 30.9. The molecule has 0 radical (unpaired) electrons. The van der Waals surface area contributed by atoms with E-state index in [1.165, 1.54) is 47.1 Å². The number of carbonyl (C=O) groups is 12. The van der Waals surface area contributed by atoms with Gasteiger partial charge in [-0.2, -0.15) is 35.3 Å². The number of nitrogens with two attached hydrogens (primary N) is 1. The van der Waals surface area contributed by atoms with Crippen LogP contribution in [0.25, 0.3) is 0 Å². The summed E-state index contributed by atoms with van der Waals surface area (Å²) in [7, 11) is 6.16. The van der Waals surface area contributed by atoms with Gasteiger partial charge in [0, 0.05) is 106 Å². The first-order valence-corrected chi connectivity index (χ1v) is 43.8. The van der Waals surface area contributed by atoms with Crippen molar-refractivity contribution in [2.45, 2.75) is 224 Å². The van der Waals surface area contributed by atoms with E-state index in [9.17, 15) is 57.5 Å². The summed E-state index contributed by atoms with van der Waals surface area (Å²) in [6.45, 7) is 17.0. The lowest BCUT2D eigenvalue weighted by Crippen LogP contribution is -2.60. The van der Waals surface area contributed by atoms with Crippen LogP contribution in [0.5, 0.6) is 0 Å². The molecule has 626 valence electrons. The van der Waals surface area contributed by atoms with E-state index >= 15 is 0 Å². The number of anilines is 1. The number of primary amides is 1. The summed E-state index contributed by atoms with van der Waals surface area (Å²) in [6.07, 6.45) is 7.33. The van der Waals surface area contributed by atoms with Gasteiger partial charge in [-0.3, -0.25) is 52.8 Å². The summed E-state index contributed by atoms with van der Waals surface area (Å²) in [5.41, 5.74) is 7.20. The van der Waals surface area contributed by atoms with Gasteiger partial charge in [0.2, 0.25) is 59.1 Å². The molecule has 3 saturated heterocycles. The Morgan fingerprint density at radius 2 is 1.36 bits per heavy atom. The number of amides is 13. The van der Waals surface area contributed by atoms with Gasteiger partial charge in [-0.1, -0.05) is 118 Å². The number of likely N-dealkylation sites (N-methyl/N-ethyl adjacent to an activating group) is 2. The molecule has 1 unspecified atom stereocenters. The molecule has 13 atom stereocenters. The summed E-state index contributed by atoms with van der Waals surface area (Å²) in [6, 6.07) is 9.70. The fourth-order valence-corrected chi connectivity index (χ4v) is 19.3. The molecule has 113 heavy (non-hydrogen) atoms. The number of ether oxygens (including phenoxy) is 3. The summed E-state index contributed by atoms with van der Waals surface area (Å²) in [5.74, 6) is -4.27. The highest BCUT2D eigenvalue weighted by Crippen LogP contribution is 2.37. The van der Waals surface area contributed by atoms with Crippen LogP contribution in [0.4, 0.5) is 15.3 Å². The number of thiazole rings is 1. The lowest BCUT2D eigenvalue weighted by molar-refractivity contribution is -0.158. The van der Waals surface area contributed by atoms with Gasteiger partial charge in [0.15, 0.2) is 0 Å². The fourth-order valence-electron chi connectivity index (χ4n) is 15.1. The van der Waals surface area contributed by atoms with Crippen molar-refractivity contribution in [2.75, 3.05) is 89.7 Å². The Bertz CT molecular complexity index is 3590. The molecule has 4 heterocycles. The van der Waals surface area contributed by atoms with Gasteiger partial charge >= 0.3 is 12.1 Å². The minimum Gasteiger partial charge on any atom is -0.445 e. The van der Waals surface area contributed by atoms with Gasteiger partial charge in [-0.05, 0) is 98.3 Å². The first kappa shape index (κ1) is 92.5. The molecule has 4 bridgehead atoms. The highest BCUT2D eigenvalue weighted by molar-refractivity contribution is 8.00. The average Bonchev–Trinajstić information content (AvgIpc) is 1.79. The van der Waals surface area contributed by atoms with E-state index in [4.69, 9.17) is 19.9 Å². The SMILES string of the molecule is CC[C@H](C)[C@@H]([C@@H](CC(=O)N1CCC[C@H]1[C@H](OC)[C@@H](C)C(=O)N[C@@H](Cc1ccccc1)c1nccs1)OC)N(C)C(=O)[C@@H](NC(=O)[C@H](C(C)C)N(C)C(=O)OCc1ccc(NC(=O)[C@H](CCCNC(N)=O)NC(=O)[C@@H](NC(=O)CSCCC(=O)N2CN3CN(C2)C(=O)CCS[C@@H]2CCCC(C2)SCCC3=O)C(C)C)cc1)C(C)C. The van der Waals surface area contributed by atoms with E-state index in [-0.39, 0.29) is 112 Å². The van der Waals surface area contributed by atoms with Crippen LogP contribution in [0.2, 0.25) is 0 Å². The van der Waals surface area contributed by atoms with Crippen LogP contribution in [0.3, 0.4) is 0 Å². The van der Waals surface area contributed by atoms with Crippen molar-refractivity contribution in [1.82, 2.24) is 61.0 Å². The van der Waals surface area contributed by atoms with Gasteiger partial charge in [-0.25, -0.2) is 14.6 Å². The van der Waals surface area contributed by atoms with Crippen LogP contribution in [0, 0.1) is 29.6 Å². The quantitative estimate of drug-likeness (QED) is 0.0267. The predicted octanol–water partition coefficient (Wildman–Crippen LogP) is 7.98. The number of fused-ring (bicyclic) bond motifs is 4. The standard InChI is InChI=1S/C80H122N14O15S4/c1-14-52(8)71(62(107-12)43-67(99)94-36-20-26-61(94)72(108-13)53(9)73(100)86-60(77-82-35-40-113-77)41-54-21-16-15-17-22-54)89(10)78(104)69(50(4)5)88-76(103)70(51(6)7)90(11)80(106)109-44-55-27-29-56(30-28-55)84-74(101)59(25-19-34-83-79(81)105)85-75(102)68(49(2)3)87-63(95)45-110-37-31-64(96)91-46-92-48-93(47-91)66(98)33-39-112-58-24-18-23-57(42-58)111-38-32-65(92)97/h15-17,21-22,27-30,35,40,49-53,57-62,68-72H,14,18-20,23-26,31-34,36-39,41-48H2,1-13H3,(H,84,101)(H,85,102)(H,86,100)(H,87,95)(H,88,103)(H3,81,83,105)/t52-,53+,57+,58?,59-,60-,61-,62+,68-,69-,70-,71-,72+/m0/s1. The first-order valence-electron chi connectivity index (χ1n) is 39.7. The van der Waals surface area contributed by atoms with Gasteiger partial charge in [0.05, 0.1) is 68.4 Å². The zero-order valence-corrected chi connectivity index (χ0v) is 71.3. The van der Waals surface area contributed by atoms with Crippen LogP contribution in [0.15, 0.2) is 66.2 Å². The Kier molecular flexibility index (Phi) is 37.7. The maximum atomic E-state index is 14.9.